The number of hydrogen-bond donors (Lipinski definition) is 3. The Morgan fingerprint density at radius 1 is 0.947 bits per heavy atom. The lowest BCUT2D eigenvalue weighted by Gasteiger charge is -2.34. The van der Waals surface area contributed by atoms with Gasteiger partial charge in [0.15, 0.2) is 0 Å². The van der Waals surface area contributed by atoms with Crippen LogP contribution in [0.1, 0.15) is 26.2 Å². The minimum absolute atomic E-state index is 0.0801. The number of aliphatic hydroxyl groups excluding tert-OH is 1. The van der Waals surface area contributed by atoms with Gasteiger partial charge in [0, 0.05) is 29.3 Å². The highest BCUT2D eigenvalue weighted by Crippen LogP contribution is 2.71. The van der Waals surface area contributed by atoms with Crippen LogP contribution < -0.4 is 10.6 Å². The van der Waals surface area contributed by atoms with Crippen molar-refractivity contribution < 1.29 is 19.5 Å². The summed E-state index contributed by atoms with van der Waals surface area (Å²) in [7, 11) is 0. The van der Waals surface area contributed by atoms with Gasteiger partial charge >= 0.3 is 0 Å². The first kappa shape index (κ1) is 24.9. The Kier molecular flexibility index (Phi) is 6.19. The van der Waals surface area contributed by atoms with E-state index in [-0.39, 0.29) is 30.9 Å². The molecule has 2 unspecified atom stereocenters. The molecule has 3 aliphatic heterocycles. The molecule has 0 aliphatic carbocycles. The first-order valence-corrected chi connectivity index (χ1v) is 13.9. The molecule has 3 aromatic rings. The van der Waals surface area contributed by atoms with Crippen molar-refractivity contribution in [2.24, 2.45) is 11.8 Å². The summed E-state index contributed by atoms with van der Waals surface area (Å²) in [5, 5.41) is 17.7. The number of benzene rings is 3. The van der Waals surface area contributed by atoms with Gasteiger partial charge in [-0.1, -0.05) is 48.5 Å². The van der Waals surface area contributed by atoms with Gasteiger partial charge in [0.2, 0.25) is 17.7 Å². The molecular weight excluding hydrogens is 498 g/mol. The van der Waals surface area contributed by atoms with Crippen molar-refractivity contribution >= 4 is 51.6 Å². The summed E-state index contributed by atoms with van der Waals surface area (Å²) < 4.78 is -1.13. The highest BCUT2D eigenvalue weighted by Gasteiger charge is 2.77. The fourth-order valence-electron chi connectivity index (χ4n) is 6.83. The van der Waals surface area contributed by atoms with E-state index in [1.165, 1.54) is 0 Å². The number of thioether (sulfide) groups is 1. The second-order valence-electron chi connectivity index (χ2n) is 10.7. The average Bonchev–Trinajstić information content (AvgIpc) is 3.48. The van der Waals surface area contributed by atoms with Crippen LogP contribution in [-0.4, -0.2) is 56.4 Å². The van der Waals surface area contributed by atoms with Gasteiger partial charge in [-0.25, -0.2) is 0 Å². The van der Waals surface area contributed by atoms with Gasteiger partial charge in [0.05, 0.1) is 16.6 Å². The highest BCUT2D eigenvalue weighted by molar-refractivity contribution is 8.02. The number of hydrogen-bond acceptors (Lipinski definition) is 5. The molecule has 0 aromatic heterocycles. The maximum atomic E-state index is 14.0. The smallest absolute Gasteiger partial charge is 0.248 e. The van der Waals surface area contributed by atoms with E-state index in [0.29, 0.717) is 24.2 Å². The zero-order chi connectivity index (χ0) is 26.5. The molecule has 6 rings (SSSR count). The number of rotatable bonds is 7. The molecule has 0 radical (unpaired) electrons. The number of carbonyl (C=O) groups is 3. The molecule has 3 aromatic carbocycles. The SMILES string of the molecule is C[C@@]12CCC3(S1)C(C(=O)Nc1ccc4ccccc4c1)N(CCCO)C(=O)[C@@H]3[C@@H]2C(=O)Nc1ccccc1. The zero-order valence-electron chi connectivity index (χ0n) is 21.2. The highest BCUT2D eigenvalue weighted by atomic mass is 32.2. The van der Waals surface area contributed by atoms with Crippen LogP contribution in [0.3, 0.4) is 0 Å². The lowest BCUT2D eigenvalue weighted by atomic mass is 9.66. The number of fused-ring (bicyclic) bond motifs is 2. The van der Waals surface area contributed by atoms with Gasteiger partial charge < -0.3 is 20.6 Å². The van der Waals surface area contributed by atoms with Crippen LogP contribution in [0.15, 0.2) is 72.8 Å². The van der Waals surface area contributed by atoms with E-state index in [0.717, 1.165) is 17.2 Å². The largest absolute Gasteiger partial charge is 0.396 e. The van der Waals surface area contributed by atoms with Crippen molar-refractivity contribution in [3.8, 4) is 0 Å². The maximum Gasteiger partial charge on any atom is 0.248 e. The van der Waals surface area contributed by atoms with Gasteiger partial charge in [-0.15, -0.1) is 11.8 Å². The van der Waals surface area contributed by atoms with Crippen LogP contribution in [0, 0.1) is 11.8 Å². The number of para-hydroxylation sites is 1. The molecule has 5 atom stereocenters. The molecule has 0 saturated carbocycles. The Labute approximate surface area is 226 Å². The Morgan fingerprint density at radius 2 is 1.66 bits per heavy atom. The van der Waals surface area contributed by atoms with E-state index in [1.54, 1.807) is 16.7 Å². The summed E-state index contributed by atoms with van der Waals surface area (Å²) in [4.78, 5) is 43.3. The third-order valence-electron chi connectivity index (χ3n) is 8.42. The Balaban J connectivity index is 1.34. The Hall–Kier alpha value is -3.36. The summed E-state index contributed by atoms with van der Waals surface area (Å²) in [5.74, 6) is -1.73. The van der Waals surface area contributed by atoms with Crippen molar-refractivity contribution in [3.05, 3.63) is 72.8 Å². The summed E-state index contributed by atoms with van der Waals surface area (Å²) in [6.45, 7) is 2.25. The van der Waals surface area contributed by atoms with Crippen LogP contribution in [0.25, 0.3) is 10.8 Å². The van der Waals surface area contributed by atoms with Crippen molar-refractivity contribution in [1.82, 2.24) is 4.90 Å². The van der Waals surface area contributed by atoms with Gasteiger partial charge in [-0.05, 0) is 61.2 Å². The van der Waals surface area contributed by atoms with E-state index >= 15 is 0 Å². The normalized spacial score (nSPS) is 29.5. The van der Waals surface area contributed by atoms with Crippen LogP contribution in [0.2, 0.25) is 0 Å². The number of nitrogens with zero attached hydrogens (tertiary/aromatic N) is 1. The Morgan fingerprint density at radius 3 is 2.42 bits per heavy atom. The number of anilines is 2. The number of aliphatic hydroxyl groups is 1. The lowest BCUT2D eigenvalue weighted by molar-refractivity contribution is -0.139. The second-order valence-corrected chi connectivity index (χ2v) is 12.6. The van der Waals surface area contributed by atoms with Crippen LogP contribution in [0.5, 0.6) is 0 Å². The van der Waals surface area contributed by atoms with Gasteiger partial charge in [0.1, 0.15) is 6.04 Å². The fraction of sp³-hybridized carbons (Fsp3) is 0.367. The van der Waals surface area contributed by atoms with Crippen LogP contribution in [-0.2, 0) is 14.4 Å². The molecule has 7 nitrogen and oxygen atoms in total. The van der Waals surface area contributed by atoms with E-state index < -0.39 is 27.4 Å². The number of nitrogens with one attached hydrogen (secondary N) is 2. The standard InChI is InChI=1S/C30H31N3O4S/c1-29-14-15-30(38-29)24(23(29)26(35)31-21-10-3-2-4-11-21)28(37)33(16-7-17-34)25(30)27(36)32-22-13-12-19-8-5-6-9-20(19)18-22/h2-6,8-13,18,23-25,34H,7,14-17H2,1H3,(H,31,35)(H,32,36)/t23-,24+,25?,29+,30?/m1/s1. The lowest BCUT2D eigenvalue weighted by Crippen LogP contribution is -2.52. The minimum Gasteiger partial charge on any atom is -0.396 e. The van der Waals surface area contributed by atoms with Crippen LogP contribution in [0.4, 0.5) is 11.4 Å². The predicted molar refractivity (Wildman–Crippen MR) is 150 cm³/mol. The molecule has 3 amide bonds. The van der Waals surface area contributed by atoms with E-state index in [2.05, 4.69) is 17.6 Å². The first-order chi connectivity index (χ1) is 18.4. The Bertz CT molecular complexity index is 1410. The monoisotopic (exact) mass is 529 g/mol. The fourth-order valence-corrected chi connectivity index (χ4v) is 9.18. The van der Waals surface area contributed by atoms with Crippen molar-refractivity contribution in [2.45, 2.75) is 41.7 Å². The van der Waals surface area contributed by atoms with Gasteiger partial charge in [-0.3, -0.25) is 14.4 Å². The maximum absolute atomic E-state index is 14.0. The summed E-state index contributed by atoms with van der Waals surface area (Å²) in [6, 6.07) is 22.3. The molecule has 3 N–H and O–H groups in total. The van der Waals surface area contributed by atoms with Crippen LogP contribution >= 0.6 is 11.8 Å². The third-order valence-corrected chi connectivity index (χ3v) is 10.4. The molecule has 1 spiro atoms. The second kappa shape index (κ2) is 9.43. The summed E-state index contributed by atoms with van der Waals surface area (Å²) in [6.07, 6.45) is 1.81. The molecule has 196 valence electrons. The first-order valence-electron chi connectivity index (χ1n) is 13.1. The average molecular weight is 530 g/mol. The zero-order valence-corrected chi connectivity index (χ0v) is 22.0. The number of carbonyl (C=O) groups excluding carboxylic acids is 3. The molecule has 3 saturated heterocycles. The number of likely N-dealkylation sites (tertiary alicyclic amines) is 1. The quantitative estimate of drug-likeness (QED) is 0.424. The minimum atomic E-state index is -0.723. The van der Waals surface area contributed by atoms with E-state index in [9.17, 15) is 19.5 Å². The molecule has 2 bridgehead atoms. The van der Waals surface area contributed by atoms with Gasteiger partial charge in [0.25, 0.3) is 0 Å². The number of amides is 3. The molecule has 8 heteroatoms. The summed E-state index contributed by atoms with van der Waals surface area (Å²) in [5.41, 5.74) is 1.36. The topological polar surface area (TPSA) is 98.7 Å². The molecule has 38 heavy (non-hydrogen) atoms. The van der Waals surface area contributed by atoms with Gasteiger partial charge in [-0.2, -0.15) is 0 Å². The van der Waals surface area contributed by atoms with E-state index in [4.69, 9.17) is 0 Å². The molecule has 3 fully saturated rings. The van der Waals surface area contributed by atoms with Crippen molar-refractivity contribution in [1.29, 1.82) is 0 Å². The predicted octanol–water partition coefficient (Wildman–Crippen LogP) is 4.28. The van der Waals surface area contributed by atoms with Crippen molar-refractivity contribution in [3.63, 3.8) is 0 Å². The van der Waals surface area contributed by atoms with E-state index in [1.807, 2.05) is 72.8 Å². The molecule has 3 aliphatic rings. The molecular formula is C30H31N3O4S. The van der Waals surface area contributed by atoms with Crippen molar-refractivity contribution in [2.75, 3.05) is 23.8 Å². The third kappa shape index (κ3) is 3.89. The summed E-state index contributed by atoms with van der Waals surface area (Å²) >= 11 is 1.64. The molecule has 3 heterocycles.